The van der Waals surface area contributed by atoms with E-state index >= 15 is 0 Å². The van der Waals surface area contributed by atoms with Crippen LogP contribution in [0.15, 0.2) is 48.6 Å². The normalized spacial score (nSPS) is 16.9. The molecule has 0 atom stereocenters. The first-order chi connectivity index (χ1) is 8.67. The van der Waals surface area contributed by atoms with Crippen LogP contribution in [0.2, 0.25) is 0 Å². The lowest BCUT2D eigenvalue weighted by atomic mass is 9.91. The Morgan fingerprint density at radius 1 is 0.895 bits per heavy atom. The molecule has 0 aliphatic heterocycles. The van der Waals surface area contributed by atoms with Gasteiger partial charge < -0.3 is 0 Å². The van der Waals surface area contributed by atoms with Gasteiger partial charge in [-0.05, 0) is 48.5 Å². The van der Waals surface area contributed by atoms with Crippen LogP contribution in [0.25, 0.3) is 0 Å². The molecule has 0 saturated heterocycles. The first-order valence-electron chi connectivity index (χ1n) is 7.10. The van der Waals surface area contributed by atoms with Gasteiger partial charge in [0.05, 0.1) is 5.54 Å². The molecule has 0 fully saturated rings. The van der Waals surface area contributed by atoms with Crippen molar-refractivity contribution in [2.24, 2.45) is 0 Å². The second-order valence-electron chi connectivity index (χ2n) is 6.01. The zero-order chi connectivity index (χ0) is 15.2. The maximum atomic E-state index is 3.87. The van der Waals surface area contributed by atoms with Gasteiger partial charge in [0.25, 0.3) is 0 Å². The van der Waals surface area contributed by atoms with Crippen molar-refractivity contribution in [3.05, 3.63) is 48.6 Å². The number of nitrogens with zero attached hydrogens (tertiary/aromatic N) is 1. The topological polar surface area (TPSA) is 3.24 Å². The summed E-state index contributed by atoms with van der Waals surface area (Å²) in [7, 11) is 0. The van der Waals surface area contributed by atoms with Crippen molar-refractivity contribution < 1.29 is 0 Å². The minimum atomic E-state index is -0.126. The molecule has 108 valence electrons. The Kier molecular flexibility index (Phi) is 7.07. The van der Waals surface area contributed by atoms with E-state index in [0.717, 1.165) is 0 Å². The summed E-state index contributed by atoms with van der Waals surface area (Å²) in [4.78, 5) is 2.51. The number of hydrogen-bond acceptors (Lipinski definition) is 1. The van der Waals surface area contributed by atoms with Crippen LogP contribution in [-0.4, -0.2) is 22.5 Å². The highest BCUT2D eigenvalue weighted by Gasteiger charge is 2.31. The minimum absolute atomic E-state index is 0.126. The molecular formula is C18H31N. The largest absolute Gasteiger partial charge is 0.286 e. The van der Waals surface area contributed by atoms with Gasteiger partial charge in [0, 0.05) is 12.1 Å². The zero-order valence-electron chi connectivity index (χ0n) is 13.8. The molecule has 0 amide bonds. The molecule has 0 rings (SSSR count). The van der Waals surface area contributed by atoms with Crippen molar-refractivity contribution >= 4 is 0 Å². The smallest absolute Gasteiger partial charge is 0.0562 e. The summed E-state index contributed by atoms with van der Waals surface area (Å²) in [6.45, 7) is 23.2. The van der Waals surface area contributed by atoms with Crippen molar-refractivity contribution in [3.8, 4) is 0 Å². The Labute approximate surface area is 120 Å². The maximum absolute atomic E-state index is 3.87. The number of allylic oxidation sites excluding steroid dienone is 4. The summed E-state index contributed by atoms with van der Waals surface area (Å²) in [5.41, 5.74) is 2.27. The molecule has 0 aliphatic rings. The predicted octanol–water partition coefficient (Wildman–Crippen LogP) is 5.13. The molecule has 0 N–H and O–H groups in total. The molecule has 0 aromatic heterocycles. The van der Waals surface area contributed by atoms with Crippen molar-refractivity contribution in [3.63, 3.8) is 0 Å². The van der Waals surface area contributed by atoms with E-state index in [1.54, 1.807) is 0 Å². The summed E-state index contributed by atoms with van der Waals surface area (Å²) < 4.78 is 0. The van der Waals surface area contributed by atoms with E-state index in [9.17, 15) is 0 Å². The van der Waals surface area contributed by atoms with E-state index in [-0.39, 0.29) is 5.54 Å². The lowest BCUT2D eigenvalue weighted by Crippen LogP contribution is -2.51. The maximum Gasteiger partial charge on any atom is 0.0562 e. The lowest BCUT2D eigenvalue weighted by Gasteiger charge is -2.44. The minimum Gasteiger partial charge on any atom is -0.286 e. The number of rotatable bonds is 7. The molecule has 0 spiro atoms. The van der Waals surface area contributed by atoms with Crippen LogP contribution >= 0.6 is 0 Å². The molecular weight excluding hydrogens is 230 g/mol. The van der Waals surface area contributed by atoms with Crippen LogP contribution in [0.5, 0.6) is 0 Å². The van der Waals surface area contributed by atoms with Gasteiger partial charge >= 0.3 is 0 Å². The van der Waals surface area contributed by atoms with E-state index in [0.29, 0.717) is 12.1 Å². The van der Waals surface area contributed by atoms with Gasteiger partial charge in [0.15, 0.2) is 0 Å². The number of hydrogen-bond donors (Lipinski definition) is 0. The molecule has 1 heteroatoms. The fourth-order valence-electron chi connectivity index (χ4n) is 2.94. The van der Waals surface area contributed by atoms with Gasteiger partial charge in [-0.2, -0.15) is 0 Å². The van der Waals surface area contributed by atoms with E-state index in [2.05, 4.69) is 78.7 Å². The van der Waals surface area contributed by atoms with Crippen LogP contribution in [0.1, 0.15) is 48.5 Å². The quantitative estimate of drug-likeness (QED) is 0.574. The molecule has 0 bridgehead atoms. The molecule has 0 unspecified atom stereocenters. The van der Waals surface area contributed by atoms with Crippen molar-refractivity contribution in [1.82, 2.24) is 4.90 Å². The standard InChI is InChI=1S/C18H31N/c1-10-16(7)12-18(9,13-17(8)11-2)19(14(3)4)15(5)6/h10-15H,1-2H2,3-9H3/b16-12+,17-13+. The highest BCUT2D eigenvalue weighted by atomic mass is 15.2. The Morgan fingerprint density at radius 3 is 1.42 bits per heavy atom. The average molecular weight is 261 g/mol. The van der Waals surface area contributed by atoms with Crippen molar-refractivity contribution in [2.45, 2.75) is 66.1 Å². The third-order valence-electron chi connectivity index (χ3n) is 3.35. The second kappa shape index (κ2) is 7.49. The van der Waals surface area contributed by atoms with Crippen LogP contribution in [0.3, 0.4) is 0 Å². The van der Waals surface area contributed by atoms with Crippen molar-refractivity contribution in [1.29, 1.82) is 0 Å². The zero-order valence-corrected chi connectivity index (χ0v) is 13.8. The fourth-order valence-corrected chi connectivity index (χ4v) is 2.94. The molecule has 0 aliphatic carbocycles. The van der Waals surface area contributed by atoms with Crippen molar-refractivity contribution in [2.75, 3.05) is 0 Å². The Balaban J connectivity index is 5.87. The first kappa shape index (κ1) is 17.9. The third kappa shape index (κ3) is 5.20. The highest BCUT2D eigenvalue weighted by Crippen LogP contribution is 2.27. The SMILES string of the molecule is C=C/C(C)=C/C(C)(/C=C(\C)C=C)N(C(C)C)C(C)C. The average Bonchev–Trinajstić information content (AvgIpc) is 2.26. The monoisotopic (exact) mass is 261 g/mol. The van der Waals surface area contributed by atoms with Gasteiger partial charge in [-0.15, -0.1) is 0 Å². The third-order valence-corrected chi connectivity index (χ3v) is 3.35. The van der Waals surface area contributed by atoms with Gasteiger partial charge in [-0.1, -0.05) is 48.6 Å². The van der Waals surface area contributed by atoms with Gasteiger partial charge in [0.1, 0.15) is 0 Å². The summed E-state index contributed by atoms with van der Waals surface area (Å²) in [5, 5.41) is 0. The molecule has 0 aromatic rings. The summed E-state index contributed by atoms with van der Waals surface area (Å²) >= 11 is 0. The molecule has 0 heterocycles. The summed E-state index contributed by atoms with van der Waals surface area (Å²) in [6.07, 6.45) is 8.39. The second-order valence-corrected chi connectivity index (χ2v) is 6.01. The Morgan fingerprint density at radius 2 is 1.21 bits per heavy atom. The van der Waals surface area contributed by atoms with Crippen LogP contribution in [0.4, 0.5) is 0 Å². The van der Waals surface area contributed by atoms with E-state index < -0.39 is 0 Å². The van der Waals surface area contributed by atoms with E-state index in [4.69, 9.17) is 0 Å². The summed E-state index contributed by atoms with van der Waals surface area (Å²) in [6, 6.07) is 0.931. The van der Waals surface area contributed by atoms with Crippen LogP contribution < -0.4 is 0 Å². The highest BCUT2D eigenvalue weighted by molar-refractivity contribution is 5.30. The molecule has 0 saturated carbocycles. The molecule has 19 heavy (non-hydrogen) atoms. The fraction of sp³-hybridized carbons (Fsp3) is 0.556. The molecule has 0 radical (unpaired) electrons. The first-order valence-corrected chi connectivity index (χ1v) is 7.10. The van der Waals surface area contributed by atoms with E-state index in [1.807, 2.05) is 12.2 Å². The van der Waals surface area contributed by atoms with E-state index in [1.165, 1.54) is 11.1 Å². The van der Waals surface area contributed by atoms with Crippen LogP contribution in [0, 0.1) is 0 Å². The summed E-state index contributed by atoms with van der Waals surface area (Å²) in [5.74, 6) is 0. The Bertz CT molecular complexity index is 337. The van der Waals surface area contributed by atoms with Crippen LogP contribution in [-0.2, 0) is 0 Å². The molecule has 0 aromatic carbocycles. The Hall–Kier alpha value is -1.08. The van der Waals surface area contributed by atoms with Gasteiger partial charge in [-0.3, -0.25) is 4.90 Å². The molecule has 1 nitrogen and oxygen atoms in total. The van der Waals surface area contributed by atoms with Gasteiger partial charge in [0.2, 0.25) is 0 Å². The lowest BCUT2D eigenvalue weighted by molar-refractivity contribution is 0.102. The van der Waals surface area contributed by atoms with Gasteiger partial charge in [-0.25, -0.2) is 0 Å². The predicted molar refractivity (Wildman–Crippen MR) is 88.4 cm³/mol.